The predicted octanol–water partition coefficient (Wildman–Crippen LogP) is 21.8. The molecule has 13 aromatic carbocycles. The third-order valence-electron chi connectivity index (χ3n) is 16.0. The molecule has 0 saturated heterocycles. The van der Waals surface area contributed by atoms with E-state index in [1.54, 1.807) is 0 Å². The molecular formula is C78H52N2O. The molecule has 0 bridgehead atoms. The van der Waals surface area contributed by atoms with Crippen LogP contribution in [0, 0.1) is 0 Å². The molecule has 15 rings (SSSR count). The van der Waals surface area contributed by atoms with Gasteiger partial charge in [0.2, 0.25) is 0 Å². The van der Waals surface area contributed by atoms with Crippen LogP contribution >= 0.6 is 0 Å². The van der Waals surface area contributed by atoms with Crippen molar-refractivity contribution in [2.45, 2.75) is 0 Å². The molecule has 81 heavy (non-hydrogen) atoms. The van der Waals surface area contributed by atoms with E-state index in [-0.39, 0.29) is 0 Å². The van der Waals surface area contributed by atoms with Gasteiger partial charge in [0.15, 0.2) is 0 Å². The molecule has 0 spiro atoms. The van der Waals surface area contributed by atoms with Crippen molar-refractivity contribution in [1.29, 1.82) is 0 Å². The van der Waals surface area contributed by atoms with E-state index in [2.05, 4.69) is 313 Å². The highest BCUT2D eigenvalue weighted by atomic mass is 16.3. The molecule has 0 saturated carbocycles. The van der Waals surface area contributed by atoms with Gasteiger partial charge in [-0.2, -0.15) is 0 Å². The summed E-state index contributed by atoms with van der Waals surface area (Å²) in [6, 6.07) is 114. The topological polar surface area (TPSA) is 21.3 Å². The number of hydrogen-bond donors (Lipinski definition) is 0. The molecule has 3 nitrogen and oxygen atoms in total. The fourth-order valence-electron chi connectivity index (χ4n) is 11.9. The molecule has 380 valence electrons. The van der Waals surface area contributed by atoms with Gasteiger partial charge in [0, 0.05) is 44.3 Å². The van der Waals surface area contributed by atoms with E-state index >= 15 is 0 Å². The smallest absolute Gasteiger partial charge is 0.135 e. The Balaban J connectivity index is 0.742. The van der Waals surface area contributed by atoms with Crippen LogP contribution in [-0.4, -0.2) is 4.57 Å². The maximum atomic E-state index is 6.28. The van der Waals surface area contributed by atoms with Crippen molar-refractivity contribution in [2.75, 3.05) is 4.90 Å². The van der Waals surface area contributed by atoms with Gasteiger partial charge in [-0.15, -0.1) is 0 Å². The molecule has 0 N–H and O–H groups in total. The van der Waals surface area contributed by atoms with Crippen molar-refractivity contribution < 1.29 is 4.42 Å². The molecule has 15 aromatic rings. The molecule has 3 heteroatoms. The quantitative estimate of drug-likeness (QED) is 0.129. The standard InChI is InChI=1S/C78H52N2O/c1-4-14-53(15-5-1)58-32-40-68(41-33-58)79(69-42-34-59(35-43-69)54-16-6-2-7-17-54)70-44-36-60(37-45-70)57-26-24-55(25-27-57)56-28-30-61(31-29-56)64-48-65(50-66(49-64)63-39-47-78-74(52-63)72-21-11-13-23-77(72)81-78)62-38-46-76-73(51-62)71-20-10-12-22-75(71)80(76)67-18-8-3-9-19-67/h1-52H. The summed E-state index contributed by atoms with van der Waals surface area (Å²) in [5, 5.41) is 4.70. The van der Waals surface area contributed by atoms with E-state index in [1.165, 1.54) is 66.3 Å². The molecule has 0 radical (unpaired) electrons. The van der Waals surface area contributed by atoms with E-state index in [0.29, 0.717) is 0 Å². The second-order valence-corrected chi connectivity index (χ2v) is 20.9. The highest BCUT2D eigenvalue weighted by Gasteiger charge is 2.18. The third-order valence-corrected chi connectivity index (χ3v) is 16.0. The first-order valence-corrected chi connectivity index (χ1v) is 27.7. The highest BCUT2D eigenvalue weighted by molar-refractivity contribution is 6.11. The molecule has 0 fully saturated rings. The number of fused-ring (bicyclic) bond motifs is 6. The zero-order valence-electron chi connectivity index (χ0n) is 44.3. The van der Waals surface area contributed by atoms with Crippen LogP contribution < -0.4 is 4.90 Å². The highest BCUT2D eigenvalue weighted by Crippen LogP contribution is 2.42. The number of rotatable bonds is 11. The van der Waals surface area contributed by atoms with Gasteiger partial charge < -0.3 is 13.9 Å². The molecular weight excluding hydrogens is 981 g/mol. The van der Waals surface area contributed by atoms with Gasteiger partial charge in [0.05, 0.1) is 11.0 Å². The number of hydrogen-bond acceptors (Lipinski definition) is 2. The zero-order valence-corrected chi connectivity index (χ0v) is 44.3. The van der Waals surface area contributed by atoms with Crippen molar-refractivity contribution in [2.24, 2.45) is 0 Å². The third kappa shape index (κ3) is 8.94. The van der Waals surface area contributed by atoms with Gasteiger partial charge in [0.1, 0.15) is 11.2 Å². The number of para-hydroxylation sites is 3. The maximum Gasteiger partial charge on any atom is 0.135 e. The number of aromatic nitrogens is 1. The van der Waals surface area contributed by atoms with Crippen molar-refractivity contribution in [3.05, 3.63) is 315 Å². The van der Waals surface area contributed by atoms with E-state index in [4.69, 9.17) is 4.42 Å². The Bertz CT molecular complexity index is 4650. The minimum atomic E-state index is 0.892. The minimum absolute atomic E-state index is 0.892. The largest absolute Gasteiger partial charge is 0.456 e. The Morgan fingerprint density at radius 2 is 0.543 bits per heavy atom. The SMILES string of the molecule is c1ccc(-c2ccc(N(c3ccc(-c4ccccc4)cc3)c3ccc(-c4ccc(-c5ccc(-c6cc(-c7ccc8oc9ccccc9c8c7)cc(-c7ccc8c(c7)c7ccccc7n8-c7ccccc7)c6)cc5)cc4)cc3)cc2)cc1. The van der Waals surface area contributed by atoms with Crippen LogP contribution in [0.1, 0.15) is 0 Å². The summed E-state index contributed by atoms with van der Waals surface area (Å²) in [7, 11) is 0. The Morgan fingerprint density at radius 1 is 0.210 bits per heavy atom. The number of nitrogens with zero attached hydrogens (tertiary/aromatic N) is 2. The Morgan fingerprint density at radius 3 is 1.05 bits per heavy atom. The first-order valence-electron chi connectivity index (χ1n) is 27.7. The number of benzene rings is 13. The van der Waals surface area contributed by atoms with Crippen molar-refractivity contribution >= 4 is 60.8 Å². The average molecular weight is 1030 g/mol. The lowest BCUT2D eigenvalue weighted by Crippen LogP contribution is -2.09. The lowest BCUT2D eigenvalue weighted by molar-refractivity contribution is 0.669. The molecule has 2 heterocycles. The summed E-state index contributed by atoms with van der Waals surface area (Å²) in [5.41, 5.74) is 25.0. The summed E-state index contributed by atoms with van der Waals surface area (Å²) in [6.07, 6.45) is 0. The molecule has 0 atom stereocenters. The van der Waals surface area contributed by atoms with Gasteiger partial charge in [-0.1, -0.05) is 212 Å². The second kappa shape index (κ2) is 20.2. The van der Waals surface area contributed by atoms with E-state index in [0.717, 1.165) is 78.1 Å². The van der Waals surface area contributed by atoms with E-state index < -0.39 is 0 Å². The van der Waals surface area contributed by atoms with Crippen LogP contribution in [-0.2, 0) is 0 Å². The summed E-state index contributed by atoms with van der Waals surface area (Å²) in [4.78, 5) is 2.34. The predicted molar refractivity (Wildman–Crippen MR) is 341 cm³/mol. The molecule has 0 unspecified atom stereocenters. The zero-order chi connectivity index (χ0) is 53.6. The second-order valence-electron chi connectivity index (χ2n) is 20.9. The van der Waals surface area contributed by atoms with Crippen LogP contribution in [0.5, 0.6) is 0 Å². The van der Waals surface area contributed by atoms with Crippen molar-refractivity contribution in [1.82, 2.24) is 4.57 Å². The Hall–Kier alpha value is -10.7. The lowest BCUT2D eigenvalue weighted by Gasteiger charge is -2.26. The fourth-order valence-corrected chi connectivity index (χ4v) is 11.9. The normalized spacial score (nSPS) is 11.5. The first kappa shape index (κ1) is 47.5. The maximum absolute atomic E-state index is 6.28. The Kier molecular flexibility index (Phi) is 11.9. The van der Waals surface area contributed by atoms with E-state index in [1.807, 2.05) is 12.1 Å². The summed E-state index contributed by atoms with van der Waals surface area (Å²) in [5.74, 6) is 0. The molecule has 0 aliphatic carbocycles. The number of anilines is 3. The number of furan rings is 1. The fraction of sp³-hybridized carbons (Fsp3) is 0. The van der Waals surface area contributed by atoms with Crippen LogP contribution in [0.25, 0.3) is 127 Å². The van der Waals surface area contributed by atoms with Crippen LogP contribution in [0.3, 0.4) is 0 Å². The first-order chi connectivity index (χ1) is 40.1. The minimum Gasteiger partial charge on any atom is -0.456 e. The van der Waals surface area contributed by atoms with Crippen LogP contribution in [0.15, 0.2) is 320 Å². The average Bonchev–Trinajstić information content (AvgIpc) is 4.19. The molecule has 0 aliphatic heterocycles. The van der Waals surface area contributed by atoms with Crippen LogP contribution in [0.2, 0.25) is 0 Å². The van der Waals surface area contributed by atoms with E-state index in [9.17, 15) is 0 Å². The van der Waals surface area contributed by atoms with Gasteiger partial charge in [0.25, 0.3) is 0 Å². The van der Waals surface area contributed by atoms with Crippen molar-refractivity contribution in [3.63, 3.8) is 0 Å². The Labute approximate surface area is 471 Å². The molecule has 0 aliphatic rings. The van der Waals surface area contributed by atoms with Crippen molar-refractivity contribution in [3.8, 4) is 83.6 Å². The molecule has 0 amide bonds. The van der Waals surface area contributed by atoms with Gasteiger partial charge in [-0.3, -0.25) is 0 Å². The summed E-state index contributed by atoms with van der Waals surface area (Å²) in [6.45, 7) is 0. The lowest BCUT2D eigenvalue weighted by atomic mass is 9.91. The summed E-state index contributed by atoms with van der Waals surface area (Å²) >= 11 is 0. The van der Waals surface area contributed by atoms with Gasteiger partial charge in [-0.25, -0.2) is 0 Å². The van der Waals surface area contributed by atoms with Crippen LogP contribution in [0.4, 0.5) is 17.1 Å². The van der Waals surface area contributed by atoms with Gasteiger partial charge in [-0.05, 0) is 181 Å². The monoisotopic (exact) mass is 1030 g/mol. The van der Waals surface area contributed by atoms with Gasteiger partial charge >= 0.3 is 0 Å². The molecule has 2 aromatic heterocycles. The summed E-state index contributed by atoms with van der Waals surface area (Å²) < 4.78 is 8.66.